The van der Waals surface area contributed by atoms with Gasteiger partial charge in [0.1, 0.15) is 11.6 Å². The summed E-state index contributed by atoms with van der Waals surface area (Å²) in [7, 11) is 0. The molecule has 0 amide bonds. The molecule has 0 unspecified atom stereocenters. The fourth-order valence-corrected chi connectivity index (χ4v) is 2.42. The van der Waals surface area contributed by atoms with Gasteiger partial charge in [-0.1, -0.05) is 6.07 Å². The topological polar surface area (TPSA) is 74.9 Å². The third kappa shape index (κ3) is 1.26. The van der Waals surface area contributed by atoms with Crippen molar-refractivity contribution >= 4 is 5.82 Å². The van der Waals surface area contributed by atoms with Gasteiger partial charge in [-0.15, -0.1) is 0 Å². The second-order valence-corrected chi connectivity index (χ2v) is 4.16. The Morgan fingerprint density at radius 1 is 1.31 bits per heavy atom. The molecule has 3 rings (SSSR count). The smallest absolute Gasteiger partial charge is 0.145 e. The van der Waals surface area contributed by atoms with Crippen molar-refractivity contribution in [2.24, 2.45) is 0 Å². The standard InChI is InChI=1S/C12H13N3O/c13-11-6-9(14-15-11)12-8-3-1-2-7(8)4-5-10(12)16/h4-6,16H,1-3H2,(H3,13,14,15). The number of nitrogens with two attached hydrogens (primary N) is 1. The summed E-state index contributed by atoms with van der Waals surface area (Å²) in [5, 5.41) is 16.7. The third-order valence-electron chi connectivity index (χ3n) is 3.13. The molecule has 1 heterocycles. The Morgan fingerprint density at radius 3 is 2.94 bits per heavy atom. The fourth-order valence-electron chi connectivity index (χ4n) is 2.42. The maximum atomic E-state index is 9.95. The molecule has 16 heavy (non-hydrogen) atoms. The Balaban J connectivity index is 2.23. The van der Waals surface area contributed by atoms with Crippen LogP contribution in [-0.4, -0.2) is 15.3 Å². The SMILES string of the molecule is Nc1cc(-c2c(O)ccc3c2CCC3)[nH]n1. The molecule has 0 fully saturated rings. The number of aromatic nitrogens is 2. The highest BCUT2D eigenvalue weighted by Gasteiger charge is 2.19. The van der Waals surface area contributed by atoms with Crippen LogP contribution in [0.15, 0.2) is 18.2 Å². The number of H-pyrrole nitrogens is 1. The number of fused-ring (bicyclic) bond motifs is 1. The Kier molecular flexibility index (Phi) is 1.89. The number of benzene rings is 1. The Bertz CT molecular complexity index is 545. The minimum Gasteiger partial charge on any atom is -0.507 e. The van der Waals surface area contributed by atoms with Gasteiger partial charge in [0, 0.05) is 11.6 Å². The largest absolute Gasteiger partial charge is 0.507 e. The van der Waals surface area contributed by atoms with Crippen LogP contribution in [0.4, 0.5) is 5.82 Å². The van der Waals surface area contributed by atoms with E-state index in [1.165, 1.54) is 11.1 Å². The highest BCUT2D eigenvalue weighted by Crippen LogP contribution is 2.38. The normalized spacial score (nSPS) is 14.0. The molecule has 4 N–H and O–H groups in total. The molecular weight excluding hydrogens is 202 g/mol. The number of hydrogen-bond donors (Lipinski definition) is 3. The average molecular weight is 215 g/mol. The van der Waals surface area contributed by atoms with E-state index in [4.69, 9.17) is 5.73 Å². The summed E-state index contributed by atoms with van der Waals surface area (Å²) in [5.74, 6) is 0.745. The molecule has 82 valence electrons. The fraction of sp³-hybridized carbons (Fsp3) is 0.250. The molecule has 1 aliphatic carbocycles. The van der Waals surface area contributed by atoms with Crippen molar-refractivity contribution < 1.29 is 5.11 Å². The molecule has 1 aromatic heterocycles. The molecule has 1 aliphatic rings. The summed E-state index contributed by atoms with van der Waals surface area (Å²) in [5.41, 5.74) is 9.79. The van der Waals surface area contributed by atoms with Crippen LogP contribution in [0.5, 0.6) is 5.75 Å². The van der Waals surface area contributed by atoms with Crippen LogP contribution in [-0.2, 0) is 12.8 Å². The van der Waals surface area contributed by atoms with Crippen LogP contribution in [0.3, 0.4) is 0 Å². The lowest BCUT2D eigenvalue weighted by Crippen LogP contribution is -1.89. The van der Waals surface area contributed by atoms with Crippen molar-refractivity contribution in [3.63, 3.8) is 0 Å². The van der Waals surface area contributed by atoms with Crippen molar-refractivity contribution in [3.05, 3.63) is 29.3 Å². The molecule has 2 aromatic rings. The third-order valence-corrected chi connectivity index (χ3v) is 3.13. The minimum absolute atomic E-state index is 0.296. The van der Waals surface area contributed by atoms with Gasteiger partial charge in [0.2, 0.25) is 0 Å². The molecule has 4 heteroatoms. The number of phenols is 1. The van der Waals surface area contributed by atoms with Crippen molar-refractivity contribution in [2.45, 2.75) is 19.3 Å². The summed E-state index contributed by atoms with van der Waals surface area (Å²) in [4.78, 5) is 0. The van der Waals surface area contributed by atoms with Gasteiger partial charge in [-0.05, 0) is 36.5 Å². The van der Waals surface area contributed by atoms with Crippen LogP contribution in [0.2, 0.25) is 0 Å². The van der Waals surface area contributed by atoms with Gasteiger partial charge in [0.15, 0.2) is 0 Å². The van der Waals surface area contributed by atoms with Gasteiger partial charge in [0.05, 0.1) is 5.69 Å². The summed E-state index contributed by atoms with van der Waals surface area (Å²) in [6, 6.07) is 5.51. The number of phenolic OH excluding ortho intramolecular Hbond substituents is 1. The van der Waals surface area contributed by atoms with E-state index in [0.717, 1.165) is 30.5 Å². The van der Waals surface area contributed by atoms with Crippen LogP contribution in [0, 0.1) is 0 Å². The molecule has 0 aliphatic heterocycles. The van der Waals surface area contributed by atoms with Crippen molar-refractivity contribution in [2.75, 3.05) is 5.73 Å². The van der Waals surface area contributed by atoms with Gasteiger partial charge in [-0.3, -0.25) is 5.10 Å². The Labute approximate surface area is 93.1 Å². The van der Waals surface area contributed by atoms with E-state index < -0.39 is 0 Å². The zero-order valence-electron chi connectivity index (χ0n) is 8.83. The van der Waals surface area contributed by atoms with Gasteiger partial charge in [-0.25, -0.2) is 0 Å². The molecular formula is C12H13N3O. The van der Waals surface area contributed by atoms with Gasteiger partial charge < -0.3 is 10.8 Å². The second-order valence-electron chi connectivity index (χ2n) is 4.16. The predicted octanol–water partition coefficient (Wildman–Crippen LogP) is 1.85. The summed E-state index contributed by atoms with van der Waals surface area (Å²) < 4.78 is 0. The zero-order valence-corrected chi connectivity index (χ0v) is 8.83. The van der Waals surface area contributed by atoms with Crippen LogP contribution in [0.25, 0.3) is 11.3 Å². The number of nitrogens with zero attached hydrogens (tertiary/aromatic N) is 1. The zero-order chi connectivity index (χ0) is 11.1. The molecule has 4 nitrogen and oxygen atoms in total. The lowest BCUT2D eigenvalue weighted by molar-refractivity contribution is 0.476. The second kappa shape index (κ2) is 3.27. The van der Waals surface area contributed by atoms with Gasteiger partial charge >= 0.3 is 0 Å². The van der Waals surface area contributed by atoms with E-state index in [1.54, 1.807) is 12.1 Å². The number of rotatable bonds is 1. The van der Waals surface area contributed by atoms with Crippen LogP contribution in [0.1, 0.15) is 17.5 Å². The first kappa shape index (κ1) is 9.27. The summed E-state index contributed by atoms with van der Waals surface area (Å²) >= 11 is 0. The molecule has 0 radical (unpaired) electrons. The summed E-state index contributed by atoms with van der Waals surface area (Å²) in [6.07, 6.45) is 3.25. The molecule has 0 saturated carbocycles. The number of nitrogen functional groups attached to an aromatic ring is 1. The van der Waals surface area contributed by atoms with Crippen molar-refractivity contribution in [3.8, 4) is 17.0 Å². The Hall–Kier alpha value is -1.97. The molecule has 0 bridgehead atoms. The first-order chi connectivity index (χ1) is 7.75. The maximum absolute atomic E-state index is 9.95. The van der Waals surface area contributed by atoms with E-state index >= 15 is 0 Å². The maximum Gasteiger partial charge on any atom is 0.145 e. The van der Waals surface area contributed by atoms with Gasteiger partial charge in [0.25, 0.3) is 0 Å². The predicted molar refractivity (Wildman–Crippen MR) is 62.1 cm³/mol. The summed E-state index contributed by atoms with van der Waals surface area (Å²) in [6.45, 7) is 0. The highest BCUT2D eigenvalue weighted by molar-refractivity contribution is 5.74. The van der Waals surface area contributed by atoms with Crippen molar-refractivity contribution in [1.82, 2.24) is 10.2 Å². The minimum atomic E-state index is 0.296. The molecule has 1 aromatic carbocycles. The van der Waals surface area contributed by atoms with E-state index in [0.29, 0.717) is 11.6 Å². The highest BCUT2D eigenvalue weighted by atomic mass is 16.3. The van der Waals surface area contributed by atoms with Crippen LogP contribution >= 0.6 is 0 Å². The number of anilines is 1. The number of aromatic amines is 1. The number of aryl methyl sites for hydroxylation is 1. The van der Waals surface area contributed by atoms with Crippen molar-refractivity contribution in [1.29, 1.82) is 0 Å². The van der Waals surface area contributed by atoms with Crippen LogP contribution < -0.4 is 5.73 Å². The monoisotopic (exact) mass is 215 g/mol. The number of aromatic hydroxyl groups is 1. The quantitative estimate of drug-likeness (QED) is 0.679. The molecule has 0 saturated heterocycles. The number of nitrogens with one attached hydrogen (secondary N) is 1. The number of hydrogen-bond acceptors (Lipinski definition) is 3. The first-order valence-corrected chi connectivity index (χ1v) is 5.40. The Morgan fingerprint density at radius 2 is 2.19 bits per heavy atom. The van der Waals surface area contributed by atoms with E-state index in [2.05, 4.69) is 10.2 Å². The lowest BCUT2D eigenvalue weighted by atomic mass is 10.00. The van der Waals surface area contributed by atoms with E-state index in [9.17, 15) is 5.11 Å². The molecule has 0 atom stereocenters. The molecule has 0 spiro atoms. The first-order valence-electron chi connectivity index (χ1n) is 5.40. The van der Waals surface area contributed by atoms with E-state index in [1.807, 2.05) is 6.07 Å². The average Bonchev–Trinajstić information content (AvgIpc) is 2.86. The lowest BCUT2D eigenvalue weighted by Gasteiger charge is -2.08. The van der Waals surface area contributed by atoms with Gasteiger partial charge in [-0.2, -0.15) is 5.10 Å². The van der Waals surface area contributed by atoms with E-state index in [-0.39, 0.29) is 0 Å².